The Labute approximate surface area is 98.5 Å². The van der Waals surface area contributed by atoms with Crippen molar-refractivity contribution >= 4 is 16.7 Å². The fourth-order valence-corrected chi connectivity index (χ4v) is 2.09. The lowest BCUT2D eigenvalue weighted by Crippen LogP contribution is -2.05. The maximum absolute atomic E-state index is 4.43. The molecule has 0 aliphatic heterocycles. The minimum Gasteiger partial charge on any atom is -0.354 e. The molecule has 2 aromatic heterocycles. The number of rotatable bonds is 4. The van der Waals surface area contributed by atoms with Gasteiger partial charge in [-0.05, 0) is 6.92 Å². The lowest BCUT2D eigenvalue weighted by atomic mass is 10.2. The maximum atomic E-state index is 4.43. The molecule has 2 heterocycles. The number of hydrogen-bond donors (Lipinski definition) is 2. The maximum Gasteiger partial charge on any atom is 0.203 e. The predicted molar refractivity (Wildman–Crippen MR) is 64.6 cm³/mol. The third kappa shape index (κ3) is 2.38. The standard InChI is InChI=1S/C10H15N5S/c1-6(2)9-14-10(16-15-9)13-7(3)8-4-11-12-5-8/h4-7H,1-3H3,(H,11,12)(H,13,14,15). The molecule has 0 aromatic carbocycles. The van der Waals surface area contributed by atoms with Gasteiger partial charge >= 0.3 is 0 Å². The van der Waals surface area contributed by atoms with E-state index in [0.29, 0.717) is 5.92 Å². The second-order valence-electron chi connectivity index (χ2n) is 4.01. The lowest BCUT2D eigenvalue weighted by molar-refractivity contribution is 0.795. The minimum atomic E-state index is 0.187. The van der Waals surface area contributed by atoms with Gasteiger partial charge in [0, 0.05) is 29.2 Å². The van der Waals surface area contributed by atoms with E-state index in [2.05, 4.69) is 45.6 Å². The molecule has 0 fully saturated rings. The normalized spacial score (nSPS) is 13.0. The first-order chi connectivity index (χ1) is 7.66. The SMILES string of the molecule is CC(C)c1nsc(NC(C)c2cn[nH]c2)n1. The molecule has 5 nitrogen and oxygen atoms in total. The predicted octanol–water partition coefficient (Wildman–Crippen LogP) is 2.56. The first-order valence-electron chi connectivity index (χ1n) is 5.25. The summed E-state index contributed by atoms with van der Waals surface area (Å²) >= 11 is 1.40. The van der Waals surface area contributed by atoms with Crippen molar-refractivity contribution in [1.29, 1.82) is 0 Å². The molecule has 2 aromatic rings. The zero-order chi connectivity index (χ0) is 11.5. The lowest BCUT2D eigenvalue weighted by Gasteiger charge is -2.09. The van der Waals surface area contributed by atoms with Gasteiger partial charge in [0.2, 0.25) is 5.13 Å². The number of nitrogens with one attached hydrogen (secondary N) is 2. The summed E-state index contributed by atoms with van der Waals surface area (Å²) in [5, 5.41) is 10.9. The molecule has 2 rings (SSSR count). The highest BCUT2D eigenvalue weighted by Crippen LogP contribution is 2.22. The quantitative estimate of drug-likeness (QED) is 0.857. The molecule has 0 saturated carbocycles. The van der Waals surface area contributed by atoms with Gasteiger partial charge in [-0.25, -0.2) is 4.98 Å². The highest BCUT2D eigenvalue weighted by atomic mass is 32.1. The molecule has 0 amide bonds. The average molecular weight is 237 g/mol. The Kier molecular flexibility index (Phi) is 3.19. The number of nitrogens with zero attached hydrogens (tertiary/aromatic N) is 3. The highest BCUT2D eigenvalue weighted by Gasteiger charge is 2.11. The fraction of sp³-hybridized carbons (Fsp3) is 0.500. The van der Waals surface area contributed by atoms with Gasteiger partial charge in [-0.3, -0.25) is 5.10 Å². The first kappa shape index (κ1) is 11.1. The molecule has 0 aliphatic carbocycles. The van der Waals surface area contributed by atoms with Crippen LogP contribution in [0.5, 0.6) is 0 Å². The van der Waals surface area contributed by atoms with E-state index in [4.69, 9.17) is 0 Å². The Hall–Kier alpha value is -1.43. The fourth-order valence-electron chi connectivity index (χ4n) is 1.29. The number of aromatic amines is 1. The summed E-state index contributed by atoms with van der Waals surface area (Å²) in [7, 11) is 0. The Balaban J connectivity index is 2.03. The van der Waals surface area contributed by atoms with E-state index in [1.165, 1.54) is 11.5 Å². The summed E-state index contributed by atoms with van der Waals surface area (Å²) in [5.74, 6) is 1.27. The van der Waals surface area contributed by atoms with E-state index in [1.54, 1.807) is 0 Å². The zero-order valence-electron chi connectivity index (χ0n) is 9.56. The van der Waals surface area contributed by atoms with Crippen LogP contribution in [0.4, 0.5) is 5.13 Å². The van der Waals surface area contributed by atoms with E-state index in [1.807, 2.05) is 12.4 Å². The summed E-state index contributed by atoms with van der Waals surface area (Å²) in [6, 6.07) is 0.187. The Morgan fingerprint density at radius 3 is 2.75 bits per heavy atom. The van der Waals surface area contributed by atoms with E-state index in [0.717, 1.165) is 16.5 Å². The van der Waals surface area contributed by atoms with Gasteiger partial charge < -0.3 is 5.32 Å². The third-order valence-corrected chi connectivity index (χ3v) is 2.98. The van der Waals surface area contributed by atoms with Crippen molar-refractivity contribution in [3.05, 3.63) is 23.8 Å². The highest BCUT2D eigenvalue weighted by molar-refractivity contribution is 7.09. The molecule has 1 atom stereocenters. The molecule has 0 radical (unpaired) electrons. The smallest absolute Gasteiger partial charge is 0.203 e. The summed E-state index contributed by atoms with van der Waals surface area (Å²) < 4.78 is 4.29. The number of anilines is 1. The molecule has 6 heteroatoms. The van der Waals surface area contributed by atoms with Gasteiger partial charge in [0.1, 0.15) is 5.82 Å². The largest absolute Gasteiger partial charge is 0.354 e. The number of aromatic nitrogens is 4. The second kappa shape index (κ2) is 4.61. The monoisotopic (exact) mass is 237 g/mol. The minimum absolute atomic E-state index is 0.187. The third-order valence-electron chi connectivity index (χ3n) is 2.32. The summed E-state index contributed by atoms with van der Waals surface area (Å²) in [6.07, 6.45) is 3.68. The van der Waals surface area contributed by atoms with E-state index < -0.39 is 0 Å². The van der Waals surface area contributed by atoms with Gasteiger partial charge in [-0.15, -0.1) is 0 Å². The van der Waals surface area contributed by atoms with Crippen molar-refractivity contribution in [3.63, 3.8) is 0 Å². The Morgan fingerprint density at radius 2 is 2.19 bits per heavy atom. The molecule has 0 spiro atoms. The number of H-pyrrole nitrogens is 1. The summed E-state index contributed by atoms with van der Waals surface area (Å²) in [4.78, 5) is 4.43. The van der Waals surface area contributed by atoms with E-state index in [-0.39, 0.29) is 6.04 Å². The van der Waals surface area contributed by atoms with Crippen LogP contribution in [0.25, 0.3) is 0 Å². The summed E-state index contributed by atoms with van der Waals surface area (Å²) in [6.45, 7) is 6.25. The topological polar surface area (TPSA) is 66.5 Å². The molecule has 0 saturated heterocycles. The molecule has 2 N–H and O–H groups in total. The van der Waals surface area contributed by atoms with Gasteiger partial charge in [-0.2, -0.15) is 9.47 Å². The molecule has 0 aliphatic rings. The van der Waals surface area contributed by atoms with Gasteiger partial charge in [-0.1, -0.05) is 13.8 Å². The van der Waals surface area contributed by atoms with E-state index >= 15 is 0 Å². The molecule has 1 unspecified atom stereocenters. The van der Waals surface area contributed by atoms with Crippen LogP contribution in [0.15, 0.2) is 12.4 Å². The van der Waals surface area contributed by atoms with Crippen molar-refractivity contribution in [3.8, 4) is 0 Å². The molecule has 86 valence electrons. The van der Waals surface area contributed by atoms with Crippen LogP contribution in [-0.4, -0.2) is 19.6 Å². The Bertz CT molecular complexity index is 434. The second-order valence-corrected chi connectivity index (χ2v) is 4.76. The zero-order valence-corrected chi connectivity index (χ0v) is 10.4. The Morgan fingerprint density at radius 1 is 1.38 bits per heavy atom. The van der Waals surface area contributed by atoms with Crippen LogP contribution >= 0.6 is 11.5 Å². The summed E-state index contributed by atoms with van der Waals surface area (Å²) in [5.41, 5.74) is 1.11. The van der Waals surface area contributed by atoms with Crippen molar-refractivity contribution < 1.29 is 0 Å². The molecule has 16 heavy (non-hydrogen) atoms. The van der Waals surface area contributed by atoms with Crippen LogP contribution < -0.4 is 5.32 Å². The first-order valence-corrected chi connectivity index (χ1v) is 6.03. The van der Waals surface area contributed by atoms with Gasteiger partial charge in [0.25, 0.3) is 0 Å². The number of hydrogen-bond acceptors (Lipinski definition) is 5. The van der Waals surface area contributed by atoms with Crippen molar-refractivity contribution in [2.24, 2.45) is 0 Å². The van der Waals surface area contributed by atoms with E-state index in [9.17, 15) is 0 Å². The van der Waals surface area contributed by atoms with Crippen molar-refractivity contribution in [2.45, 2.75) is 32.7 Å². The van der Waals surface area contributed by atoms with Crippen molar-refractivity contribution in [2.75, 3.05) is 5.32 Å². The van der Waals surface area contributed by atoms with Crippen molar-refractivity contribution in [1.82, 2.24) is 19.6 Å². The molecule has 0 bridgehead atoms. The van der Waals surface area contributed by atoms with Crippen LogP contribution in [0.1, 0.15) is 44.1 Å². The molecular weight excluding hydrogens is 222 g/mol. The molecular formula is C10H15N5S. The van der Waals surface area contributed by atoms with Crippen LogP contribution in [-0.2, 0) is 0 Å². The average Bonchev–Trinajstić information content (AvgIpc) is 2.87. The van der Waals surface area contributed by atoms with Crippen LogP contribution in [0, 0.1) is 0 Å². The van der Waals surface area contributed by atoms with Crippen LogP contribution in [0.2, 0.25) is 0 Å². The van der Waals surface area contributed by atoms with Crippen LogP contribution in [0.3, 0.4) is 0 Å². The van der Waals surface area contributed by atoms with Gasteiger partial charge in [0.05, 0.1) is 12.2 Å². The van der Waals surface area contributed by atoms with Gasteiger partial charge in [0.15, 0.2) is 0 Å².